The summed E-state index contributed by atoms with van der Waals surface area (Å²) in [4.78, 5) is 18.2. The lowest BCUT2D eigenvalue weighted by Crippen LogP contribution is -2.48. The molecule has 25 heavy (non-hydrogen) atoms. The Morgan fingerprint density at radius 3 is 2.92 bits per heavy atom. The Hall–Kier alpha value is -1.72. The molecular formula is C20H24N2O2S. The fraction of sp³-hybridized carbons (Fsp3) is 0.500. The molecule has 2 aromatic rings. The van der Waals surface area contributed by atoms with Crippen molar-refractivity contribution in [3.8, 4) is 0 Å². The third-order valence-corrected chi connectivity index (χ3v) is 6.57. The van der Waals surface area contributed by atoms with Crippen LogP contribution in [0.15, 0.2) is 29.8 Å². The van der Waals surface area contributed by atoms with Crippen molar-refractivity contribution in [2.45, 2.75) is 57.1 Å². The summed E-state index contributed by atoms with van der Waals surface area (Å²) < 4.78 is 0. The number of fused-ring (bicyclic) bond motifs is 1. The summed E-state index contributed by atoms with van der Waals surface area (Å²) in [6, 6.07) is 5.92. The van der Waals surface area contributed by atoms with E-state index in [2.05, 4.69) is 15.7 Å². The number of pyridine rings is 1. The summed E-state index contributed by atoms with van der Waals surface area (Å²) in [7, 11) is 0. The summed E-state index contributed by atoms with van der Waals surface area (Å²) in [6.45, 7) is 0. The molecule has 0 aliphatic heterocycles. The van der Waals surface area contributed by atoms with Crippen LogP contribution in [0.25, 0.3) is 0 Å². The highest BCUT2D eigenvalue weighted by molar-refractivity contribution is 7.12. The molecule has 2 aliphatic rings. The number of aromatic nitrogens is 1. The van der Waals surface area contributed by atoms with Gasteiger partial charge in [-0.1, -0.05) is 6.07 Å². The van der Waals surface area contributed by atoms with Crippen molar-refractivity contribution in [3.63, 3.8) is 0 Å². The number of carbonyl (C=O) groups is 1. The van der Waals surface area contributed by atoms with Gasteiger partial charge in [0.2, 0.25) is 0 Å². The maximum Gasteiger partial charge on any atom is 0.261 e. The number of aliphatic hydroxyl groups excluding tert-OH is 1. The molecule has 4 nitrogen and oxygen atoms in total. The number of amides is 1. The SMILES string of the molecule is O=C(N[C@H](Cc1ccccn1)C1CC(O)C1)c1scc2c1CCCC2. The Labute approximate surface area is 152 Å². The highest BCUT2D eigenvalue weighted by Gasteiger charge is 2.35. The van der Waals surface area contributed by atoms with E-state index < -0.39 is 0 Å². The Balaban J connectivity index is 1.50. The molecule has 2 aliphatic carbocycles. The minimum atomic E-state index is -0.220. The molecule has 2 heterocycles. The first-order valence-corrected chi connectivity index (χ1v) is 10.1. The number of nitrogens with zero attached hydrogens (tertiary/aromatic N) is 1. The number of thiophene rings is 1. The van der Waals surface area contributed by atoms with Gasteiger partial charge in [0.15, 0.2) is 0 Å². The fourth-order valence-electron chi connectivity index (χ4n) is 3.98. The van der Waals surface area contributed by atoms with E-state index in [0.717, 1.165) is 42.7 Å². The van der Waals surface area contributed by atoms with E-state index in [1.54, 1.807) is 17.5 Å². The first kappa shape index (κ1) is 16.7. The fourth-order valence-corrected chi connectivity index (χ4v) is 5.04. The maximum absolute atomic E-state index is 12.9. The van der Waals surface area contributed by atoms with Crippen LogP contribution in [0, 0.1) is 5.92 Å². The van der Waals surface area contributed by atoms with E-state index in [9.17, 15) is 9.90 Å². The summed E-state index contributed by atoms with van der Waals surface area (Å²) in [6.07, 6.45) is 8.35. The monoisotopic (exact) mass is 356 g/mol. The van der Waals surface area contributed by atoms with Gasteiger partial charge in [-0.15, -0.1) is 11.3 Å². The molecule has 2 N–H and O–H groups in total. The van der Waals surface area contributed by atoms with Gasteiger partial charge >= 0.3 is 0 Å². The van der Waals surface area contributed by atoms with Crippen LogP contribution in [0.1, 0.15) is 52.2 Å². The minimum Gasteiger partial charge on any atom is -0.393 e. The maximum atomic E-state index is 12.9. The predicted octanol–water partition coefficient (Wildman–Crippen LogP) is 3.13. The zero-order valence-electron chi connectivity index (χ0n) is 14.3. The van der Waals surface area contributed by atoms with Crippen LogP contribution in [0.5, 0.6) is 0 Å². The van der Waals surface area contributed by atoms with Crippen molar-refractivity contribution < 1.29 is 9.90 Å². The average molecular weight is 356 g/mol. The van der Waals surface area contributed by atoms with Crippen LogP contribution in [0.4, 0.5) is 0 Å². The second kappa shape index (κ2) is 7.26. The normalized spacial score (nSPS) is 23.4. The quantitative estimate of drug-likeness (QED) is 0.865. The number of aliphatic hydroxyl groups is 1. The van der Waals surface area contributed by atoms with E-state index in [1.807, 2.05) is 18.2 Å². The molecule has 1 amide bonds. The van der Waals surface area contributed by atoms with Crippen molar-refractivity contribution in [3.05, 3.63) is 51.5 Å². The summed E-state index contributed by atoms with van der Waals surface area (Å²) in [5.41, 5.74) is 3.61. The minimum absolute atomic E-state index is 0.0344. The summed E-state index contributed by atoms with van der Waals surface area (Å²) in [5, 5.41) is 15.1. The standard InChI is InChI=1S/C20H24N2O2S/c23-16-9-14(10-16)18(11-15-6-3-4-8-21-15)22-20(24)19-17-7-2-1-5-13(17)12-25-19/h3-4,6,8,12,14,16,18,23H,1-2,5,7,9-11H2,(H,22,24)/t14?,16?,18-/m1/s1. The van der Waals surface area contributed by atoms with Gasteiger partial charge in [0.05, 0.1) is 11.0 Å². The van der Waals surface area contributed by atoms with E-state index >= 15 is 0 Å². The topological polar surface area (TPSA) is 62.2 Å². The lowest BCUT2D eigenvalue weighted by Gasteiger charge is -2.38. The van der Waals surface area contributed by atoms with E-state index in [4.69, 9.17) is 0 Å². The van der Waals surface area contributed by atoms with Crippen molar-refractivity contribution in [1.82, 2.24) is 10.3 Å². The van der Waals surface area contributed by atoms with Crippen molar-refractivity contribution in [1.29, 1.82) is 0 Å². The number of aryl methyl sites for hydroxylation is 1. The first-order chi connectivity index (χ1) is 12.2. The van der Waals surface area contributed by atoms with Gasteiger partial charge in [0.25, 0.3) is 5.91 Å². The molecule has 0 bridgehead atoms. The van der Waals surface area contributed by atoms with E-state index in [1.165, 1.54) is 24.0 Å². The van der Waals surface area contributed by atoms with Gasteiger partial charge < -0.3 is 10.4 Å². The van der Waals surface area contributed by atoms with Gasteiger partial charge in [0.1, 0.15) is 0 Å². The molecule has 1 atom stereocenters. The second-order valence-electron chi connectivity index (χ2n) is 7.27. The lowest BCUT2D eigenvalue weighted by atomic mass is 9.76. The van der Waals surface area contributed by atoms with Crippen molar-refractivity contribution in [2.24, 2.45) is 5.92 Å². The average Bonchev–Trinajstić information content (AvgIpc) is 3.03. The Morgan fingerprint density at radius 1 is 1.32 bits per heavy atom. The third-order valence-electron chi connectivity index (χ3n) is 5.50. The van der Waals surface area contributed by atoms with Crippen LogP contribution in [-0.2, 0) is 19.3 Å². The molecule has 0 aromatic carbocycles. The van der Waals surface area contributed by atoms with Crippen LogP contribution < -0.4 is 5.32 Å². The van der Waals surface area contributed by atoms with E-state index in [0.29, 0.717) is 5.92 Å². The smallest absolute Gasteiger partial charge is 0.261 e. The highest BCUT2D eigenvalue weighted by atomic mass is 32.1. The Kier molecular flexibility index (Phi) is 4.86. The van der Waals surface area contributed by atoms with Crippen LogP contribution in [0.3, 0.4) is 0 Å². The summed E-state index contributed by atoms with van der Waals surface area (Å²) >= 11 is 1.58. The van der Waals surface area contributed by atoms with Crippen LogP contribution in [-0.4, -0.2) is 28.1 Å². The molecule has 0 radical (unpaired) electrons. The van der Waals surface area contributed by atoms with Gasteiger partial charge in [0, 0.05) is 24.4 Å². The third kappa shape index (κ3) is 3.62. The first-order valence-electron chi connectivity index (χ1n) is 9.19. The predicted molar refractivity (Wildman–Crippen MR) is 98.9 cm³/mol. The second-order valence-corrected chi connectivity index (χ2v) is 8.15. The van der Waals surface area contributed by atoms with Crippen LogP contribution >= 0.6 is 11.3 Å². The molecule has 4 rings (SSSR count). The van der Waals surface area contributed by atoms with Gasteiger partial charge in [-0.25, -0.2) is 0 Å². The van der Waals surface area contributed by atoms with Crippen molar-refractivity contribution >= 4 is 17.2 Å². The van der Waals surface area contributed by atoms with Gasteiger partial charge in [-0.2, -0.15) is 0 Å². The molecule has 132 valence electrons. The molecule has 0 spiro atoms. The van der Waals surface area contributed by atoms with Gasteiger partial charge in [-0.05, 0) is 73.1 Å². The molecular weight excluding hydrogens is 332 g/mol. The number of rotatable bonds is 5. The zero-order valence-corrected chi connectivity index (χ0v) is 15.1. The van der Waals surface area contributed by atoms with Crippen LogP contribution in [0.2, 0.25) is 0 Å². The molecule has 2 aromatic heterocycles. The Morgan fingerprint density at radius 2 is 2.16 bits per heavy atom. The number of nitrogens with one attached hydrogen (secondary N) is 1. The summed E-state index contributed by atoms with van der Waals surface area (Å²) in [5.74, 6) is 0.382. The van der Waals surface area contributed by atoms with Crippen molar-refractivity contribution in [2.75, 3.05) is 0 Å². The number of hydrogen-bond acceptors (Lipinski definition) is 4. The molecule has 0 unspecified atom stereocenters. The molecule has 1 saturated carbocycles. The molecule has 5 heteroatoms. The number of carbonyl (C=O) groups excluding carboxylic acids is 1. The molecule has 0 saturated heterocycles. The highest BCUT2D eigenvalue weighted by Crippen LogP contribution is 2.33. The zero-order chi connectivity index (χ0) is 17.2. The Bertz CT molecular complexity index is 737. The number of hydrogen-bond donors (Lipinski definition) is 2. The lowest BCUT2D eigenvalue weighted by molar-refractivity contribution is 0.0238. The van der Waals surface area contributed by atoms with E-state index in [-0.39, 0.29) is 18.1 Å². The molecule has 1 fully saturated rings. The van der Waals surface area contributed by atoms with Gasteiger partial charge in [-0.3, -0.25) is 9.78 Å². The largest absolute Gasteiger partial charge is 0.393 e.